The van der Waals surface area contributed by atoms with Crippen LogP contribution in [0.5, 0.6) is 0 Å². The minimum atomic E-state index is -0.176. The quantitative estimate of drug-likeness (QED) is 0.844. The molecule has 0 aliphatic heterocycles. The van der Waals surface area contributed by atoms with Gasteiger partial charge in [0.25, 0.3) is 5.91 Å². The number of pyridine rings is 1. The summed E-state index contributed by atoms with van der Waals surface area (Å²) in [6.45, 7) is 2.62. The first kappa shape index (κ1) is 13.1. The van der Waals surface area contributed by atoms with E-state index >= 15 is 0 Å². The molecule has 0 fully saturated rings. The molecule has 19 heavy (non-hydrogen) atoms. The van der Waals surface area contributed by atoms with Crippen LogP contribution in [0.25, 0.3) is 0 Å². The second-order valence-corrected chi connectivity index (χ2v) is 4.29. The Balaban J connectivity index is 1.96. The van der Waals surface area contributed by atoms with Crippen LogP contribution >= 0.6 is 0 Å². The SMILES string of the molecule is CNc1cccc(C(=O)NC(C)Cn2ccnc2)n1. The van der Waals surface area contributed by atoms with Crippen molar-refractivity contribution in [2.45, 2.75) is 19.5 Å². The summed E-state index contributed by atoms with van der Waals surface area (Å²) in [5.41, 5.74) is 0.407. The van der Waals surface area contributed by atoms with E-state index in [1.54, 1.807) is 31.7 Å². The third kappa shape index (κ3) is 3.54. The second-order valence-electron chi connectivity index (χ2n) is 4.29. The molecule has 1 unspecified atom stereocenters. The van der Waals surface area contributed by atoms with Crippen molar-refractivity contribution in [2.75, 3.05) is 12.4 Å². The summed E-state index contributed by atoms with van der Waals surface area (Å²) >= 11 is 0. The Morgan fingerprint density at radius 3 is 3.00 bits per heavy atom. The van der Waals surface area contributed by atoms with E-state index in [0.29, 0.717) is 18.1 Å². The summed E-state index contributed by atoms with van der Waals surface area (Å²) in [6, 6.07) is 5.31. The van der Waals surface area contributed by atoms with Gasteiger partial charge in [-0.2, -0.15) is 0 Å². The molecule has 0 aliphatic carbocycles. The molecule has 2 heterocycles. The van der Waals surface area contributed by atoms with E-state index in [-0.39, 0.29) is 11.9 Å². The molecule has 1 amide bonds. The van der Waals surface area contributed by atoms with Crippen LogP contribution in [-0.4, -0.2) is 33.5 Å². The Hall–Kier alpha value is -2.37. The summed E-state index contributed by atoms with van der Waals surface area (Å²) in [4.78, 5) is 20.2. The van der Waals surface area contributed by atoms with Gasteiger partial charge in [0.1, 0.15) is 11.5 Å². The summed E-state index contributed by atoms with van der Waals surface area (Å²) in [5.74, 6) is 0.500. The standard InChI is InChI=1S/C13H17N5O/c1-10(8-18-7-6-15-9-18)16-13(19)11-4-3-5-12(14-2)17-11/h3-7,9-10H,8H2,1-2H3,(H,14,17)(H,16,19). The lowest BCUT2D eigenvalue weighted by Crippen LogP contribution is -2.35. The summed E-state index contributed by atoms with van der Waals surface area (Å²) in [5, 5.41) is 5.82. The molecule has 2 rings (SSSR count). The van der Waals surface area contributed by atoms with E-state index < -0.39 is 0 Å². The lowest BCUT2D eigenvalue weighted by molar-refractivity contribution is 0.0932. The highest BCUT2D eigenvalue weighted by Gasteiger charge is 2.11. The summed E-state index contributed by atoms with van der Waals surface area (Å²) < 4.78 is 1.92. The van der Waals surface area contributed by atoms with Gasteiger partial charge < -0.3 is 15.2 Å². The summed E-state index contributed by atoms with van der Waals surface area (Å²) in [7, 11) is 1.77. The Morgan fingerprint density at radius 2 is 2.32 bits per heavy atom. The van der Waals surface area contributed by atoms with Crippen molar-refractivity contribution in [1.82, 2.24) is 19.9 Å². The number of amides is 1. The monoisotopic (exact) mass is 259 g/mol. The van der Waals surface area contributed by atoms with Crippen LogP contribution in [0.2, 0.25) is 0 Å². The smallest absolute Gasteiger partial charge is 0.270 e. The maximum atomic E-state index is 12.0. The molecule has 100 valence electrons. The van der Waals surface area contributed by atoms with E-state index in [1.165, 1.54) is 0 Å². The van der Waals surface area contributed by atoms with Crippen LogP contribution in [-0.2, 0) is 6.54 Å². The Morgan fingerprint density at radius 1 is 1.47 bits per heavy atom. The van der Waals surface area contributed by atoms with Gasteiger partial charge in [-0.3, -0.25) is 4.79 Å². The van der Waals surface area contributed by atoms with Crippen molar-refractivity contribution in [3.63, 3.8) is 0 Å². The predicted molar refractivity (Wildman–Crippen MR) is 72.9 cm³/mol. The van der Waals surface area contributed by atoms with Crippen LogP contribution in [0.4, 0.5) is 5.82 Å². The topological polar surface area (TPSA) is 71.8 Å². The van der Waals surface area contributed by atoms with Crippen molar-refractivity contribution in [1.29, 1.82) is 0 Å². The van der Waals surface area contributed by atoms with Crippen LogP contribution in [0.3, 0.4) is 0 Å². The fourth-order valence-electron chi connectivity index (χ4n) is 1.75. The number of hydrogen-bond donors (Lipinski definition) is 2. The molecule has 0 saturated carbocycles. The average molecular weight is 259 g/mol. The number of carbonyl (C=O) groups is 1. The van der Waals surface area contributed by atoms with Crippen LogP contribution in [0, 0.1) is 0 Å². The number of nitrogens with one attached hydrogen (secondary N) is 2. The van der Waals surface area contributed by atoms with Crippen molar-refractivity contribution in [2.24, 2.45) is 0 Å². The number of anilines is 1. The van der Waals surface area contributed by atoms with Crippen molar-refractivity contribution < 1.29 is 4.79 Å². The molecular weight excluding hydrogens is 242 g/mol. The molecule has 1 atom stereocenters. The number of hydrogen-bond acceptors (Lipinski definition) is 4. The highest BCUT2D eigenvalue weighted by molar-refractivity contribution is 5.92. The molecule has 6 nitrogen and oxygen atoms in total. The number of carbonyl (C=O) groups excluding carboxylic acids is 1. The van der Waals surface area contributed by atoms with Crippen LogP contribution < -0.4 is 10.6 Å². The van der Waals surface area contributed by atoms with Gasteiger partial charge in [0.2, 0.25) is 0 Å². The number of imidazole rings is 1. The first-order valence-electron chi connectivity index (χ1n) is 6.10. The molecule has 6 heteroatoms. The van der Waals surface area contributed by atoms with Crippen molar-refractivity contribution in [3.8, 4) is 0 Å². The fourth-order valence-corrected chi connectivity index (χ4v) is 1.75. The van der Waals surface area contributed by atoms with Gasteiger partial charge in [0.15, 0.2) is 0 Å². The van der Waals surface area contributed by atoms with Gasteiger partial charge in [-0.05, 0) is 19.1 Å². The highest BCUT2D eigenvalue weighted by Crippen LogP contribution is 2.04. The number of nitrogens with zero attached hydrogens (tertiary/aromatic N) is 3. The maximum Gasteiger partial charge on any atom is 0.270 e. The molecule has 0 saturated heterocycles. The summed E-state index contributed by atoms with van der Waals surface area (Å²) in [6.07, 6.45) is 5.30. The number of rotatable bonds is 5. The Bertz CT molecular complexity index is 538. The van der Waals surface area contributed by atoms with Gasteiger partial charge in [-0.1, -0.05) is 6.07 Å². The molecule has 0 spiro atoms. The zero-order chi connectivity index (χ0) is 13.7. The normalized spacial score (nSPS) is 11.9. The molecule has 2 N–H and O–H groups in total. The van der Waals surface area contributed by atoms with Gasteiger partial charge in [0, 0.05) is 32.0 Å². The van der Waals surface area contributed by atoms with E-state index in [1.807, 2.05) is 23.8 Å². The third-order valence-corrected chi connectivity index (χ3v) is 2.66. The van der Waals surface area contributed by atoms with E-state index in [2.05, 4.69) is 20.6 Å². The molecule has 2 aromatic heterocycles. The van der Waals surface area contributed by atoms with Crippen LogP contribution in [0.15, 0.2) is 36.9 Å². The average Bonchev–Trinajstić information content (AvgIpc) is 2.91. The third-order valence-electron chi connectivity index (χ3n) is 2.66. The lowest BCUT2D eigenvalue weighted by Gasteiger charge is -2.14. The zero-order valence-electron chi connectivity index (χ0n) is 11.0. The van der Waals surface area contributed by atoms with Crippen molar-refractivity contribution >= 4 is 11.7 Å². The largest absolute Gasteiger partial charge is 0.373 e. The predicted octanol–water partition coefficient (Wildman–Crippen LogP) is 1.14. The lowest BCUT2D eigenvalue weighted by atomic mass is 10.3. The highest BCUT2D eigenvalue weighted by atomic mass is 16.1. The van der Waals surface area contributed by atoms with E-state index in [0.717, 1.165) is 0 Å². The van der Waals surface area contributed by atoms with Crippen LogP contribution in [0.1, 0.15) is 17.4 Å². The van der Waals surface area contributed by atoms with Gasteiger partial charge >= 0.3 is 0 Å². The molecule has 0 aromatic carbocycles. The van der Waals surface area contributed by atoms with Gasteiger partial charge in [-0.25, -0.2) is 9.97 Å². The van der Waals surface area contributed by atoms with E-state index in [4.69, 9.17) is 0 Å². The molecule has 0 radical (unpaired) electrons. The fraction of sp³-hybridized carbons (Fsp3) is 0.308. The molecule has 0 aliphatic rings. The van der Waals surface area contributed by atoms with Gasteiger partial charge in [-0.15, -0.1) is 0 Å². The minimum Gasteiger partial charge on any atom is -0.373 e. The molecule has 2 aromatic rings. The van der Waals surface area contributed by atoms with Crippen molar-refractivity contribution in [3.05, 3.63) is 42.6 Å². The molecule has 0 bridgehead atoms. The number of aromatic nitrogens is 3. The Kier molecular flexibility index (Phi) is 4.12. The van der Waals surface area contributed by atoms with E-state index in [9.17, 15) is 4.79 Å². The first-order valence-corrected chi connectivity index (χ1v) is 6.10. The van der Waals surface area contributed by atoms with Gasteiger partial charge in [0.05, 0.1) is 6.33 Å². The first-order chi connectivity index (χ1) is 9.19. The maximum absolute atomic E-state index is 12.0. The molecular formula is C13H17N5O. The Labute approximate surface area is 111 Å². The zero-order valence-corrected chi connectivity index (χ0v) is 11.0. The minimum absolute atomic E-state index is 0.00161. The second kappa shape index (κ2) is 5.99.